The summed E-state index contributed by atoms with van der Waals surface area (Å²) < 4.78 is 170. The number of benzene rings is 1. The summed E-state index contributed by atoms with van der Waals surface area (Å²) in [7, 11) is 0. The zero-order chi connectivity index (χ0) is 21.7. The highest BCUT2D eigenvalue weighted by Gasteiger charge is 2.91. The van der Waals surface area contributed by atoms with Gasteiger partial charge in [0.05, 0.1) is 0 Å². The molecule has 0 aromatic heterocycles. The minimum atomic E-state index is -7.94. The van der Waals surface area contributed by atoms with Gasteiger partial charge >= 0.3 is 36.0 Å². The molecule has 0 fully saturated rings. The van der Waals surface area contributed by atoms with E-state index in [1.165, 1.54) is 6.92 Å². The molecule has 0 unspecified atom stereocenters. The first kappa shape index (κ1) is 23.1. The molecule has 1 rings (SSSR count). The van der Waals surface area contributed by atoms with Crippen molar-refractivity contribution in [1.29, 1.82) is 0 Å². The second kappa shape index (κ2) is 6.33. The summed E-state index contributed by atoms with van der Waals surface area (Å²) in [5.41, 5.74) is 0.333. The lowest BCUT2D eigenvalue weighted by atomic mass is 9.97. The topological polar surface area (TPSA) is 9.23 Å². The van der Waals surface area contributed by atoms with E-state index in [1.54, 1.807) is 0 Å². The van der Waals surface area contributed by atoms with Crippen molar-refractivity contribution in [2.75, 3.05) is 0 Å². The molecule has 0 bridgehead atoms. The van der Waals surface area contributed by atoms with Crippen LogP contribution >= 0.6 is 0 Å². The second-order valence-corrected chi connectivity index (χ2v) is 5.23. The van der Waals surface area contributed by atoms with Crippen molar-refractivity contribution in [2.45, 2.75) is 42.9 Å². The molecule has 0 N–H and O–H groups in total. The molecule has 0 aliphatic carbocycles. The highest BCUT2D eigenvalue weighted by atomic mass is 19.4. The molecule has 27 heavy (non-hydrogen) atoms. The van der Waals surface area contributed by atoms with Gasteiger partial charge in [-0.2, -0.15) is 57.1 Å². The average Bonchev–Trinajstić information content (AvgIpc) is 2.47. The van der Waals surface area contributed by atoms with Crippen LogP contribution in [0.3, 0.4) is 0 Å². The van der Waals surface area contributed by atoms with Crippen LogP contribution in [0.1, 0.15) is 5.56 Å². The third-order valence-electron chi connectivity index (χ3n) is 3.17. The lowest BCUT2D eigenvalue weighted by Gasteiger charge is -2.39. The molecule has 0 spiro atoms. The summed E-state index contributed by atoms with van der Waals surface area (Å²) >= 11 is 0. The van der Waals surface area contributed by atoms with Gasteiger partial charge in [-0.25, -0.2) is 0 Å². The van der Waals surface area contributed by atoms with Gasteiger partial charge in [-0.15, -0.1) is 0 Å². The van der Waals surface area contributed by atoms with Gasteiger partial charge in [-0.3, -0.25) is 0 Å². The van der Waals surface area contributed by atoms with Crippen LogP contribution in [0, 0.1) is 6.92 Å². The molecule has 0 aliphatic heterocycles. The highest BCUT2D eigenvalue weighted by Crippen LogP contribution is 2.60. The Morgan fingerprint density at radius 3 is 1.30 bits per heavy atom. The first-order chi connectivity index (χ1) is 11.7. The first-order valence-corrected chi connectivity index (χ1v) is 6.44. The number of alkyl halides is 13. The van der Waals surface area contributed by atoms with Crippen molar-refractivity contribution in [3.8, 4) is 5.75 Å². The van der Waals surface area contributed by atoms with Crippen LogP contribution in [0.15, 0.2) is 24.3 Å². The van der Waals surface area contributed by atoms with Crippen LogP contribution in [0.4, 0.5) is 57.1 Å². The lowest BCUT2D eigenvalue weighted by molar-refractivity contribution is -0.456. The Hall–Kier alpha value is -1.89. The van der Waals surface area contributed by atoms with E-state index in [0.717, 1.165) is 12.1 Å². The predicted molar refractivity (Wildman–Crippen MR) is 62.6 cm³/mol. The fourth-order valence-electron chi connectivity index (χ4n) is 1.57. The van der Waals surface area contributed by atoms with E-state index >= 15 is 0 Å². The standard InChI is InChI=1S/C13H7F13O/c1-6-2-4-7(5-3-6)27-13(25,26)11(20,21)9(16,17)8(14,15)10(18,19)12(22,23)24/h2-5H,1H3. The molecule has 1 aromatic rings. The van der Waals surface area contributed by atoms with Gasteiger partial charge in [0.1, 0.15) is 5.75 Å². The van der Waals surface area contributed by atoms with E-state index in [4.69, 9.17) is 0 Å². The van der Waals surface area contributed by atoms with E-state index < -0.39 is 41.7 Å². The monoisotopic (exact) mass is 426 g/mol. The van der Waals surface area contributed by atoms with Gasteiger partial charge < -0.3 is 4.74 Å². The smallest absolute Gasteiger partial charge is 0.428 e. The van der Waals surface area contributed by atoms with E-state index in [2.05, 4.69) is 4.74 Å². The van der Waals surface area contributed by atoms with Crippen molar-refractivity contribution >= 4 is 0 Å². The summed E-state index contributed by atoms with van der Waals surface area (Å²) in [6.07, 6.45) is -14.0. The molecule has 0 aliphatic rings. The highest BCUT2D eigenvalue weighted by molar-refractivity contribution is 5.27. The molecule has 0 saturated heterocycles. The van der Waals surface area contributed by atoms with Crippen LogP contribution in [0.25, 0.3) is 0 Å². The Kier molecular flexibility index (Phi) is 5.43. The van der Waals surface area contributed by atoms with Crippen LogP contribution in [0.2, 0.25) is 0 Å². The van der Waals surface area contributed by atoms with Gasteiger partial charge in [0.25, 0.3) is 0 Å². The molecular weight excluding hydrogens is 419 g/mol. The summed E-state index contributed by atoms with van der Waals surface area (Å²) in [6.45, 7) is 1.37. The minimum Gasteiger partial charge on any atom is -0.428 e. The molecular formula is C13H7F13O. The van der Waals surface area contributed by atoms with Gasteiger partial charge in [0.15, 0.2) is 0 Å². The fraction of sp³-hybridized carbons (Fsp3) is 0.538. The Bertz CT molecular complexity index is 660. The molecule has 14 heteroatoms. The van der Waals surface area contributed by atoms with Crippen molar-refractivity contribution < 1.29 is 61.8 Å². The van der Waals surface area contributed by atoms with E-state index in [9.17, 15) is 57.1 Å². The Morgan fingerprint density at radius 2 is 0.926 bits per heavy atom. The summed E-state index contributed by atoms with van der Waals surface area (Å²) in [5, 5.41) is 0. The lowest BCUT2D eigenvalue weighted by Crippen LogP contribution is -2.70. The van der Waals surface area contributed by atoms with Crippen LogP contribution in [-0.4, -0.2) is 36.0 Å². The van der Waals surface area contributed by atoms with E-state index in [0.29, 0.717) is 17.7 Å². The number of aryl methyl sites for hydroxylation is 1. The molecule has 0 atom stereocenters. The fourth-order valence-corrected chi connectivity index (χ4v) is 1.57. The quantitative estimate of drug-likeness (QED) is 0.502. The Labute approximate surface area is 141 Å². The van der Waals surface area contributed by atoms with Gasteiger partial charge in [0, 0.05) is 0 Å². The molecule has 1 aromatic carbocycles. The van der Waals surface area contributed by atoms with Gasteiger partial charge in [-0.1, -0.05) is 17.7 Å². The van der Waals surface area contributed by atoms with Crippen molar-refractivity contribution in [1.82, 2.24) is 0 Å². The molecule has 0 saturated carbocycles. The van der Waals surface area contributed by atoms with E-state index in [1.807, 2.05) is 0 Å². The maximum absolute atomic E-state index is 13.4. The molecule has 0 amide bonds. The predicted octanol–water partition coefficient (Wildman–Crippen LogP) is 6.07. The number of halogens is 13. The zero-order valence-corrected chi connectivity index (χ0v) is 12.6. The Morgan fingerprint density at radius 1 is 0.556 bits per heavy atom. The van der Waals surface area contributed by atoms with E-state index in [-0.39, 0.29) is 0 Å². The van der Waals surface area contributed by atoms with Crippen LogP contribution < -0.4 is 4.74 Å². The van der Waals surface area contributed by atoms with Crippen molar-refractivity contribution in [2.24, 2.45) is 0 Å². The summed E-state index contributed by atoms with van der Waals surface area (Å²) in [6, 6.07) is 2.90. The molecule has 1 nitrogen and oxygen atoms in total. The van der Waals surface area contributed by atoms with Crippen molar-refractivity contribution in [3.05, 3.63) is 29.8 Å². The average molecular weight is 426 g/mol. The van der Waals surface area contributed by atoms with Gasteiger partial charge in [0.2, 0.25) is 0 Å². The third-order valence-corrected chi connectivity index (χ3v) is 3.17. The molecule has 0 heterocycles. The molecule has 156 valence electrons. The largest absolute Gasteiger partial charge is 0.471 e. The Balaban J connectivity index is 3.38. The summed E-state index contributed by atoms with van der Waals surface area (Å²) in [5.74, 6) is -32.3. The maximum atomic E-state index is 13.4. The van der Waals surface area contributed by atoms with Gasteiger partial charge in [-0.05, 0) is 19.1 Å². The maximum Gasteiger partial charge on any atom is 0.471 e. The number of rotatable bonds is 6. The number of hydrogen-bond donors (Lipinski definition) is 0. The zero-order valence-electron chi connectivity index (χ0n) is 12.6. The second-order valence-electron chi connectivity index (χ2n) is 5.23. The minimum absolute atomic E-state index is 0.333. The number of ether oxygens (including phenoxy) is 1. The summed E-state index contributed by atoms with van der Waals surface area (Å²) in [4.78, 5) is 0. The first-order valence-electron chi connectivity index (χ1n) is 6.44. The normalized spacial score (nSPS) is 15.0. The third kappa shape index (κ3) is 3.49. The molecule has 0 radical (unpaired) electrons. The van der Waals surface area contributed by atoms with Crippen LogP contribution in [0.5, 0.6) is 5.75 Å². The van der Waals surface area contributed by atoms with Crippen molar-refractivity contribution in [3.63, 3.8) is 0 Å². The SMILES string of the molecule is Cc1ccc(OC(F)(F)C(F)(F)C(F)(F)C(F)(F)C(F)(F)C(F)(F)F)cc1. The van der Waals surface area contributed by atoms with Crippen LogP contribution in [-0.2, 0) is 0 Å². The number of hydrogen-bond acceptors (Lipinski definition) is 1.